The molecule has 2 rings (SSSR count). The lowest BCUT2D eigenvalue weighted by atomic mass is 10.1. The van der Waals surface area contributed by atoms with Crippen molar-refractivity contribution in [3.05, 3.63) is 59.7 Å². The molecule has 0 aliphatic carbocycles. The number of phenolic OH excluding ortho intramolecular Hbond substituents is 1. The van der Waals surface area contributed by atoms with E-state index in [1.807, 2.05) is 12.1 Å². The van der Waals surface area contributed by atoms with E-state index >= 15 is 0 Å². The minimum atomic E-state index is -0.831. The first-order valence-electron chi connectivity index (χ1n) is 8.01. The summed E-state index contributed by atoms with van der Waals surface area (Å²) in [5, 5.41) is 20.6. The molecule has 1 amide bonds. The number of rotatable bonds is 9. The van der Waals surface area contributed by atoms with Gasteiger partial charge in [-0.1, -0.05) is 24.3 Å². The van der Waals surface area contributed by atoms with E-state index in [-0.39, 0.29) is 24.5 Å². The molecular formula is C19H21NO5. The van der Waals surface area contributed by atoms with Crippen LogP contribution in [0.3, 0.4) is 0 Å². The first kappa shape index (κ1) is 18.3. The van der Waals surface area contributed by atoms with Crippen molar-refractivity contribution in [2.24, 2.45) is 0 Å². The number of ether oxygens (including phenoxy) is 1. The maximum atomic E-state index is 11.9. The molecule has 0 bridgehead atoms. The Bertz CT molecular complexity index is 695. The Morgan fingerprint density at radius 2 is 1.60 bits per heavy atom. The van der Waals surface area contributed by atoms with Crippen LogP contribution < -0.4 is 10.1 Å². The van der Waals surface area contributed by atoms with E-state index in [0.717, 1.165) is 11.1 Å². The van der Waals surface area contributed by atoms with Gasteiger partial charge in [0.15, 0.2) is 0 Å². The Hall–Kier alpha value is -3.02. The molecule has 2 aromatic carbocycles. The summed E-state index contributed by atoms with van der Waals surface area (Å²) in [7, 11) is 0. The smallest absolute Gasteiger partial charge is 0.303 e. The van der Waals surface area contributed by atoms with Gasteiger partial charge in [0.1, 0.15) is 11.5 Å². The van der Waals surface area contributed by atoms with Gasteiger partial charge in [0.25, 0.3) is 0 Å². The molecule has 0 unspecified atom stereocenters. The summed E-state index contributed by atoms with van der Waals surface area (Å²) >= 11 is 0. The average molecular weight is 343 g/mol. The Labute approximate surface area is 146 Å². The molecule has 0 saturated carbocycles. The molecule has 0 aliphatic heterocycles. The number of benzene rings is 2. The first-order valence-corrected chi connectivity index (χ1v) is 8.01. The topological polar surface area (TPSA) is 95.9 Å². The monoisotopic (exact) mass is 343 g/mol. The number of carbonyl (C=O) groups excluding carboxylic acids is 1. The van der Waals surface area contributed by atoms with Gasteiger partial charge in [0.05, 0.1) is 13.0 Å². The lowest BCUT2D eigenvalue weighted by Gasteiger charge is -2.08. The van der Waals surface area contributed by atoms with Crippen LogP contribution in [0.15, 0.2) is 48.5 Å². The van der Waals surface area contributed by atoms with Crippen LogP contribution in [0.5, 0.6) is 11.5 Å². The number of aliphatic carboxylic acids is 1. The van der Waals surface area contributed by atoms with Crippen molar-refractivity contribution in [3.8, 4) is 11.5 Å². The fraction of sp³-hybridized carbons (Fsp3) is 0.263. The van der Waals surface area contributed by atoms with Crippen molar-refractivity contribution in [1.29, 1.82) is 0 Å². The molecule has 0 aliphatic rings. The van der Waals surface area contributed by atoms with Crippen molar-refractivity contribution < 1.29 is 24.5 Å². The molecule has 2 aromatic rings. The Balaban J connectivity index is 1.72. The zero-order valence-electron chi connectivity index (χ0n) is 13.8. The maximum absolute atomic E-state index is 11.9. The molecular weight excluding hydrogens is 322 g/mol. The summed E-state index contributed by atoms with van der Waals surface area (Å²) in [6.45, 7) is 0.769. The van der Waals surface area contributed by atoms with E-state index in [0.29, 0.717) is 25.3 Å². The largest absolute Gasteiger partial charge is 0.508 e. The number of carboxylic acid groups (broad SMARTS) is 1. The van der Waals surface area contributed by atoms with Crippen LogP contribution in [0.25, 0.3) is 0 Å². The van der Waals surface area contributed by atoms with Crippen molar-refractivity contribution in [2.45, 2.75) is 25.8 Å². The van der Waals surface area contributed by atoms with Crippen molar-refractivity contribution in [2.75, 3.05) is 6.61 Å². The minimum Gasteiger partial charge on any atom is -0.508 e. The number of hydrogen-bond donors (Lipinski definition) is 3. The summed E-state index contributed by atoms with van der Waals surface area (Å²) in [5.41, 5.74) is 1.78. The third-order valence-electron chi connectivity index (χ3n) is 3.52. The second-order valence-corrected chi connectivity index (χ2v) is 5.61. The van der Waals surface area contributed by atoms with Crippen LogP contribution in [0, 0.1) is 0 Å². The third-order valence-corrected chi connectivity index (χ3v) is 3.52. The normalized spacial score (nSPS) is 10.2. The van der Waals surface area contributed by atoms with Crippen LogP contribution in [0.2, 0.25) is 0 Å². The Kier molecular flexibility index (Phi) is 6.83. The molecule has 6 heteroatoms. The van der Waals surface area contributed by atoms with Crippen LogP contribution >= 0.6 is 0 Å². The zero-order chi connectivity index (χ0) is 18.1. The van der Waals surface area contributed by atoms with Crippen LogP contribution in [-0.4, -0.2) is 28.7 Å². The Morgan fingerprint density at radius 1 is 0.960 bits per heavy atom. The molecule has 0 spiro atoms. The summed E-state index contributed by atoms with van der Waals surface area (Å²) in [6, 6.07) is 13.8. The van der Waals surface area contributed by atoms with Gasteiger partial charge in [-0.2, -0.15) is 0 Å². The van der Waals surface area contributed by atoms with E-state index in [1.54, 1.807) is 36.4 Å². The Morgan fingerprint density at radius 3 is 2.24 bits per heavy atom. The number of amides is 1. The standard InChI is InChI=1S/C19H21NO5/c21-16-7-3-14(4-8-16)12-18(22)20-13-15-5-9-17(10-6-15)25-11-1-2-19(23)24/h3-10,21H,1-2,11-13H2,(H,20,22)(H,23,24). The molecule has 0 radical (unpaired) electrons. The van der Waals surface area contributed by atoms with E-state index in [4.69, 9.17) is 9.84 Å². The van der Waals surface area contributed by atoms with Crippen LogP contribution in [0.4, 0.5) is 0 Å². The van der Waals surface area contributed by atoms with Crippen LogP contribution in [0.1, 0.15) is 24.0 Å². The lowest BCUT2D eigenvalue weighted by molar-refractivity contribution is -0.137. The van der Waals surface area contributed by atoms with Gasteiger partial charge in [0.2, 0.25) is 5.91 Å². The molecule has 132 valence electrons. The lowest BCUT2D eigenvalue weighted by Crippen LogP contribution is -2.24. The first-order chi connectivity index (χ1) is 12.0. The molecule has 0 aromatic heterocycles. The second kappa shape index (κ2) is 9.32. The number of hydrogen-bond acceptors (Lipinski definition) is 4. The van der Waals surface area contributed by atoms with Crippen LogP contribution in [-0.2, 0) is 22.6 Å². The SMILES string of the molecule is O=C(O)CCCOc1ccc(CNC(=O)Cc2ccc(O)cc2)cc1. The molecule has 0 atom stereocenters. The second-order valence-electron chi connectivity index (χ2n) is 5.61. The van der Waals surface area contributed by atoms with E-state index in [9.17, 15) is 14.7 Å². The van der Waals surface area contributed by atoms with Gasteiger partial charge >= 0.3 is 5.97 Å². The molecule has 6 nitrogen and oxygen atoms in total. The molecule has 25 heavy (non-hydrogen) atoms. The number of aromatic hydroxyl groups is 1. The van der Waals surface area contributed by atoms with Crippen molar-refractivity contribution >= 4 is 11.9 Å². The number of phenols is 1. The summed E-state index contributed by atoms with van der Waals surface area (Å²) in [5.74, 6) is -0.0827. The van der Waals surface area contributed by atoms with Gasteiger partial charge in [-0.3, -0.25) is 9.59 Å². The summed E-state index contributed by atoms with van der Waals surface area (Å²) < 4.78 is 5.45. The average Bonchev–Trinajstić information content (AvgIpc) is 2.60. The summed E-state index contributed by atoms with van der Waals surface area (Å²) in [6.07, 6.45) is 0.806. The molecule has 3 N–H and O–H groups in total. The predicted molar refractivity (Wildman–Crippen MR) is 92.5 cm³/mol. The van der Waals surface area contributed by atoms with Gasteiger partial charge < -0.3 is 20.3 Å². The highest BCUT2D eigenvalue weighted by Crippen LogP contribution is 2.13. The third kappa shape index (κ3) is 6.95. The molecule has 0 saturated heterocycles. The van der Waals surface area contributed by atoms with Gasteiger partial charge in [-0.05, 0) is 41.8 Å². The van der Waals surface area contributed by atoms with Gasteiger partial charge in [0, 0.05) is 13.0 Å². The fourth-order valence-electron chi connectivity index (χ4n) is 2.18. The molecule has 0 heterocycles. The van der Waals surface area contributed by atoms with E-state index in [2.05, 4.69) is 5.32 Å². The number of carboxylic acids is 1. The quantitative estimate of drug-likeness (QED) is 0.608. The highest BCUT2D eigenvalue weighted by molar-refractivity contribution is 5.78. The zero-order valence-corrected chi connectivity index (χ0v) is 13.8. The highest BCUT2D eigenvalue weighted by atomic mass is 16.5. The van der Waals surface area contributed by atoms with Gasteiger partial charge in [-0.25, -0.2) is 0 Å². The molecule has 0 fully saturated rings. The number of carbonyl (C=O) groups is 2. The van der Waals surface area contributed by atoms with E-state index in [1.165, 1.54) is 0 Å². The predicted octanol–water partition coefficient (Wildman–Crippen LogP) is 2.49. The fourth-order valence-corrected chi connectivity index (χ4v) is 2.18. The number of nitrogens with one attached hydrogen (secondary N) is 1. The van der Waals surface area contributed by atoms with Gasteiger partial charge in [-0.15, -0.1) is 0 Å². The minimum absolute atomic E-state index is 0.0884. The maximum Gasteiger partial charge on any atom is 0.303 e. The summed E-state index contributed by atoms with van der Waals surface area (Å²) in [4.78, 5) is 22.3. The van der Waals surface area contributed by atoms with E-state index < -0.39 is 5.97 Å². The van der Waals surface area contributed by atoms with Crippen molar-refractivity contribution in [1.82, 2.24) is 5.32 Å². The van der Waals surface area contributed by atoms with Crippen molar-refractivity contribution in [3.63, 3.8) is 0 Å². The highest BCUT2D eigenvalue weighted by Gasteiger charge is 2.04.